The maximum absolute atomic E-state index is 13.5. The summed E-state index contributed by atoms with van der Waals surface area (Å²) < 4.78 is 38.5. The summed E-state index contributed by atoms with van der Waals surface area (Å²) in [5.74, 6) is 0.235. The van der Waals surface area contributed by atoms with Gasteiger partial charge in [0, 0.05) is 44.1 Å². The fraction of sp³-hybridized carbons (Fsp3) is 0.522. The molecule has 1 aliphatic carbocycles. The third kappa shape index (κ3) is 4.47. The van der Waals surface area contributed by atoms with Gasteiger partial charge in [0.15, 0.2) is 0 Å². The second-order valence-corrected chi connectivity index (χ2v) is 11.4. The molecule has 1 saturated heterocycles. The molecule has 0 unspecified atom stereocenters. The highest BCUT2D eigenvalue weighted by Crippen LogP contribution is 2.36. The molecule has 5 rings (SSSR count). The van der Waals surface area contributed by atoms with Crippen molar-refractivity contribution in [1.82, 2.24) is 23.6 Å². The van der Waals surface area contributed by atoms with Crippen LogP contribution in [0, 0.1) is 5.92 Å². The number of rotatable bonds is 7. The minimum absolute atomic E-state index is 0.0226. The number of nitrogens with one attached hydrogen (secondary N) is 1. The van der Waals surface area contributed by atoms with Crippen LogP contribution in [0.4, 0.5) is 0 Å². The SMILES string of the molecule is Cn1cc(Cn2c(=O)c3cc(S(=O)(=O)NC4(C)CC4)ccc3n(CC3CCOCC3)c2=O)cn1. The van der Waals surface area contributed by atoms with Crippen molar-refractivity contribution >= 4 is 20.9 Å². The van der Waals surface area contributed by atoms with Crippen LogP contribution >= 0.6 is 0 Å². The highest BCUT2D eigenvalue weighted by atomic mass is 32.2. The molecule has 3 heterocycles. The molecular formula is C23H29N5O5S. The molecule has 1 aromatic carbocycles. The van der Waals surface area contributed by atoms with Gasteiger partial charge in [-0.3, -0.25) is 18.6 Å². The average Bonchev–Trinajstić information content (AvgIpc) is 3.37. The highest BCUT2D eigenvalue weighted by Gasteiger charge is 2.41. The molecular weight excluding hydrogens is 458 g/mol. The van der Waals surface area contributed by atoms with E-state index < -0.39 is 26.8 Å². The van der Waals surface area contributed by atoms with Gasteiger partial charge < -0.3 is 4.74 Å². The van der Waals surface area contributed by atoms with E-state index in [1.165, 1.54) is 16.7 Å². The molecule has 2 fully saturated rings. The first kappa shape index (κ1) is 23.0. The van der Waals surface area contributed by atoms with Gasteiger partial charge in [0.2, 0.25) is 10.0 Å². The van der Waals surface area contributed by atoms with Crippen LogP contribution in [0.1, 0.15) is 38.2 Å². The van der Waals surface area contributed by atoms with Gasteiger partial charge in [-0.1, -0.05) is 0 Å². The third-order valence-electron chi connectivity index (χ3n) is 6.77. The number of nitrogens with zero attached hydrogens (tertiary/aromatic N) is 4. The lowest BCUT2D eigenvalue weighted by molar-refractivity contribution is 0.0611. The van der Waals surface area contributed by atoms with Gasteiger partial charge >= 0.3 is 5.69 Å². The fourth-order valence-corrected chi connectivity index (χ4v) is 5.97. The summed E-state index contributed by atoms with van der Waals surface area (Å²) in [6.07, 6.45) is 6.57. The van der Waals surface area contributed by atoms with Crippen LogP contribution in [0.5, 0.6) is 0 Å². The molecule has 1 N–H and O–H groups in total. The Morgan fingerprint density at radius 3 is 2.56 bits per heavy atom. The number of aromatic nitrogens is 4. The van der Waals surface area contributed by atoms with Gasteiger partial charge in [-0.2, -0.15) is 5.10 Å². The Hall–Kier alpha value is -2.76. The van der Waals surface area contributed by atoms with Gasteiger partial charge in [0.25, 0.3) is 5.56 Å². The van der Waals surface area contributed by atoms with Gasteiger partial charge in [-0.05, 0) is 56.7 Å². The zero-order valence-electron chi connectivity index (χ0n) is 19.4. The summed E-state index contributed by atoms with van der Waals surface area (Å²) in [5, 5.41) is 4.34. The van der Waals surface area contributed by atoms with Gasteiger partial charge in [0.1, 0.15) is 0 Å². The van der Waals surface area contributed by atoms with Crippen molar-refractivity contribution in [1.29, 1.82) is 0 Å². The predicted octanol–water partition coefficient (Wildman–Crippen LogP) is 1.20. The molecule has 3 aromatic rings. The molecule has 0 atom stereocenters. The molecule has 0 amide bonds. The Labute approximate surface area is 197 Å². The van der Waals surface area contributed by atoms with E-state index in [9.17, 15) is 18.0 Å². The molecule has 10 nitrogen and oxygen atoms in total. The molecule has 1 saturated carbocycles. The van der Waals surface area contributed by atoms with E-state index in [0.717, 1.165) is 25.7 Å². The fourth-order valence-electron chi connectivity index (χ4n) is 4.48. The average molecular weight is 488 g/mol. The molecule has 11 heteroatoms. The van der Waals surface area contributed by atoms with Crippen LogP contribution in [0.15, 0.2) is 45.1 Å². The first-order valence-electron chi connectivity index (χ1n) is 11.5. The second kappa shape index (κ2) is 8.47. The summed E-state index contributed by atoms with van der Waals surface area (Å²) in [7, 11) is -2.03. The Kier molecular flexibility index (Phi) is 5.73. The quantitative estimate of drug-likeness (QED) is 0.535. The number of benzene rings is 1. The Bertz CT molecular complexity index is 1460. The van der Waals surface area contributed by atoms with E-state index in [4.69, 9.17) is 4.74 Å². The first-order valence-corrected chi connectivity index (χ1v) is 13.0. The minimum atomic E-state index is -3.80. The summed E-state index contributed by atoms with van der Waals surface area (Å²) >= 11 is 0. The number of aryl methyl sites for hydroxylation is 1. The van der Waals surface area contributed by atoms with Crippen LogP contribution in [-0.4, -0.2) is 46.1 Å². The smallest absolute Gasteiger partial charge is 0.331 e. The van der Waals surface area contributed by atoms with E-state index in [2.05, 4.69) is 9.82 Å². The van der Waals surface area contributed by atoms with Gasteiger partial charge in [-0.25, -0.2) is 17.9 Å². The van der Waals surface area contributed by atoms with E-state index in [-0.39, 0.29) is 22.7 Å². The van der Waals surface area contributed by atoms with Crippen molar-refractivity contribution in [2.24, 2.45) is 13.0 Å². The van der Waals surface area contributed by atoms with E-state index >= 15 is 0 Å². The molecule has 2 aromatic heterocycles. The van der Waals surface area contributed by atoms with Gasteiger partial charge in [-0.15, -0.1) is 0 Å². The number of fused-ring (bicyclic) bond motifs is 1. The third-order valence-corrected chi connectivity index (χ3v) is 8.40. The predicted molar refractivity (Wildman–Crippen MR) is 126 cm³/mol. The molecule has 0 radical (unpaired) electrons. The Morgan fingerprint density at radius 1 is 1.18 bits per heavy atom. The van der Waals surface area contributed by atoms with Crippen LogP contribution in [-0.2, 0) is 34.9 Å². The minimum Gasteiger partial charge on any atom is -0.381 e. The van der Waals surface area contributed by atoms with Crippen LogP contribution in [0.25, 0.3) is 10.9 Å². The normalized spacial score (nSPS) is 18.4. The molecule has 34 heavy (non-hydrogen) atoms. The van der Waals surface area contributed by atoms with Crippen molar-refractivity contribution in [2.45, 2.75) is 56.1 Å². The number of ether oxygens (including phenoxy) is 1. The molecule has 1 aliphatic heterocycles. The summed E-state index contributed by atoms with van der Waals surface area (Å²) in [6, 6.07) is 4.45. The number of sulfonamides is 1. The summed E-state index contributed by atoms with van der Waals surface area (Å²) in [5.41, 5.74) is -0.198. The largest absolute Gasteiger partial charge is 0.381 e. The second-order valence-electron chi connectivity index (χ2n) is 9.71. The Morgan fingerprint density at radius 2 is 1.91 bits per heavy atom. The number of hydrogen-bond acceptors (Lipinski definition) is 6. The van der Waals surface area contributed by atoms with Crippen molar-refractivity contribution in [2.75, 3.05) is 13.2 Å². The van der Waals surface area contributed by atoms with E-state index in [1.54, 1.807) is 34.8 Å². The maximum atomic E-state index is 13.5. The standard InChI is InChI=1S/C23H29N5O5S/c1-23(7-8-23)25-34(31,32)18-3-4-20-19(11-18)21(29)28(15-17-12-24-26(2)13-17)22(30)27(20)14-16-5-9-33-10-6-16/h3-4,11-13,16,25H,5-10,14-15H2,1-2H3. The molecule has 0 spiro atoms. The Balaban J connectivity index is 1.65. The van der Waals surface area contributed by atoms with Crippen LogP contribution < -0.4 is 16.0 Å². The van der Waals surface area contributed by atoms with E-state index in [0.29, 0.717) is 30.8 Å². The topological polar surface area (TPSA) is 117 Å². The van der Waals surface area contributed by atoms with Crippen molar-refractivity contribution < 1.29 is 13.2 Å². The van der Waals surface area contributed by atoms with Crippen LogP contribution in [0.2, 0.25) is 0 Å². The van der Waals surface area contributed by atoms with Crippen molar-refractivity contribution in [3.05, 3.63) is 57.0 Å². The zero-order valence-corrected chi connectivity index (χ0v) is 20.2. The lowest BCUT2D eigenvalue weighted by Gasteiger charge is -2.24. The molecule has 0 bridgehead atoms. The summed E-state index contributed by atoms with van der Waals surface area (Å²) in [6.45, 7) is 3.63. The first-order chi connectivity index (χ1) is 16.2. The molecule has 182 valence electrons. The lowest BCUT2D eigenvalue weighted by Crippen LogP contribution is -2.42. The van der Waals surface area contributed by atoms with Crippen LogP contribution in [0.3, 0.4) is 0 Å². The summed E-state index contributed by atoms with van der Waals surface area (Å²) in [4.78, 5) is 27.0. The monoisotopic (exact) mass is 487 g/mol. The zero-order chi connectivity index (χ0) is 24.1. The number of hydrogen-bond donors (Lipinski definition) is 1. The lowest BCUT2D eigenvalue weighted by atomic mass is 10.00. The van der Waals surface area contributed by atoms with Crippen molar-refractivity contribution in [3.63, 3.8) is 0 Å². The van der Waals surface area contributed by atoms with E-state index in [1.807, 2.05) is 6.92 Å². The highest BCUT2D eigenvalue weighted by molar-refractivity contribution is 7.89. The maximum Gasteiger partial charge on any atom is 0.331 e. The molecule has 2 aliphatic rings. The van der Waals surface area contributed by atoms with Crippen molar-refractivity contribution in [3.8, 4) is 0 Å². The van der Waals surface area contributed by atoms with Gasteiger partial charge in [0.05, 0.1) is 28.5 Å².